The van der Waals surface area contributed by atoms with Crippen LogP contribution in [0.3, 0.4) is 0 Å². The van der Waals surface area contributed by atoms with Gasteiger partial charge in [0, 0.05) is 71.3 Å². The molecule has 4 aromatic heterocycles. The minimum Gasteiger partial charge on any atom is -0.309 e. The molecule has 442 valence electrons. The molecule has 4 heterocycles. The second-order valence-corrected chi connectivity index (χ2v) is 25.9. The first-order valence-corrected chi connectivity index (χ1v) is 32.4. The van der Waals surface area contributed by atoms with Crippen molar-refractivity contribution in [1.29, 1.82) is 10.5 Å². The van der Waals surface area contributed by atoms with Crippen LogP contribution >= 0.6 is 0 Å². The minimum atomic E-state index is -0.114. The minimum absolute atomic E-state index is 0.114. The summed E-state index contributed by atoms with van der Waals surface area (Å²) in [6.45, 7) is 4.65. The molecule has 6 nitrogen and oxygen atoms in total. The van der Waals surface area contributed by atoms with Crippen LogP contribution in [-0.2, 0) is 5.41 Å². The first-order chi connectivity index (χ1) is 46.8. The second-order valence-electron chi connectivity index (χ2n) is 25.9. The summed E-state index contributed by atoms with van der Waals surface area (Å²) >= 11 is 0. The topological polar surface area (TPSA) is 67.3 Å². The highest BCUT2D eigenvalue weighted by molar-refractivity contribution is 6.14. The van der Waals surface area contributed by atoms with Crippen molar-refractivity contribution in [2.45, 2.75) is 19.3 Å². The molecule has 0 amide bonds. The molecule has 18 aromatic rings. The maximum absolute atomic E-state index is 11.4. The van der Waals surface area contributed by atoms with Crippen LogP contribution in [0, 0.1) is 22.7 Å². The molecule has 0 saturated carbocycles. The summed E-state index contributed by atoms with van der Waals surface area (Å²) in [6, 6.07) is 114. The van der Waals surface area contributed by atoms with E-state index < -0.39 is 0 Å². The standard InChI is InChI=1S/C89H56N6/c1-89(2)79-24-10-3-17-69(79)76-50-59(33-40-80(76)89)61-45-62(48-67(47-61)95-83-27-13-6-20-72(83)73-21-7-14-28-84(73)95)68-39-38-65(49-63(68)54-91)93-85-29-15-8-22-74(85)77-51-57(34-41-87(77)93)58-35-42-88-78(52-58)75-23-9-16-30-86(75)94(88)66-44-55(53-90)43-60(46-66)56-31-36-64(37-32-56)92-81-25-11-4-18-70(81)71-19-5-12-26-82(71)92/h3-52H,1-2H3. The van der Waals surface area contributed by atoms with E-state index in [1.165, 1.54) is 54.8 Å². The summed E-state index contributed by atoms with van der Waals surface area (Å²) in [5.41, 5.74) is 27.3. The normalized spacial score (nSPS) is 12.6. The molecular formula is C89H56N6. The summed E-state index contributed by atoms with van der Waals surface area (Å²) < 4.78 is 9.33. The van der Waals surface area contributed by atoms with Crippen molar-refractivity contribution in [3.05, 3.63) is 326 Å². The van der Waals surface area contributed by atoms with Gasteiger partial charge in [-0.1, -0.05) is 190 Å². The number of nitrogens with zero attached hydrogens (tertiary/aromatic N) is 6. The van der Waals surface area contributed by atoms with Gasteiger partial charge < -0.3 is 18.3 Å². The van der Waals surface area contributed by atoms with Gasteiger partial charge in [0.15, 0.2) is 0 Å². The predicted molar refractivity (Wildman–Crippen MR) is 393 cm³/mol. The van der Waals surface area contributed by atoms with Gasteiger partial charge in [-0.3, -0.25) is 0 Å². The first-order valence-electron chi connectivity index (χ1n) is 32.4. The van der Waals surface area contributed by atoms with Gasteiger partial charge in [-0.05, 0) is 194 Å². The second kappa shape index (κ2) is 20.6. The number of benzene rings is 14. The zero-order chi connectivity index (χ0) is 63.2. The number of hydrogen-bond acceptors (Lipinski definition) is 2. The van der Waals surface area contributed by atoms with Crippen LogP contribution in [0.25, 0.3) is 166 Å². The molecule has 0 fully saturated rings. The molecule has 1 aliphatic carbocycles. The van der Waals surface area contributed by atoms with Gasteiger partial charge in [0.1, 0.15) is 0 Å². The summed E-state index contributed by atoms with van der Waals surface area (Å²) in [5.74, 6) is 0. The van der Waals surface area contributed by atoms with E-state index in [4.69, 9.17) is 0 Å². The highest BCUT2D eigenvalue weighted by atomic mass is 15.0. The lowest BCUT2D eigenvalue weighted by Crippen LogP contribution is -2.14. The molecule has 0 aliphatic heterocycles. The van der Waals surface area contributed by atoms with Crippen LogP contribution in [0.15, 0.2) is 303 Å². The molecule has 95 heavy (non-hydrogen) atoms. The molecule has 0 unspecified atom stereocenters. The van der Waals surface area contributed by atoms with E-state index in [9.17, 15) is 10.5 Å². The van der Waals surface area contributed by atoms with Crippen LogP contribution < -0.4 is 0 Å². The van der Waals surface area contributed by atoms with E-state index in [1.54, 1.807) is 0 Å². The molecule has 0 bridgehead atoms. The van der Waals surface area contributed by atoms with Crippen LogP contribution in [0.1, 0.15) is 36.1 Å². The Hall–Kier alpha value is -12.7. The van der Waals surface area contributed by atoms with E-state index in [-0.39, 0.29) is 5.41 Å². The summed E-state index contributed by atoms with van der Waals surface area (Å²) in [7, 11) is 0. The molecule has 14 aromatic carbocycles. The fourth-order valence-corrected chi connectivity index (χ4v) is 16.0. The van der Waals surface area contributed by atoms with Gasteiger partial charge in [-0.15, -0.1) is 0 Å². The van der Waals surface area contributed by atoms with Crippen molar-refractivity contribution >= 4 is 87.2 Å². The molecule has 6 heteroatoms. The van der Waals surface area contributed by atoms with Crippen LogP contribution in [0.4, 0.5) is 0 Å². The van der Waals surface area contributed by atoms with Crippen molar-refractivity contribution in [2.24, 2.45) is 0 Å². The lowest BCUT2D eigenvalue weighted by atomic mass is 9.82. The number of nitriles is 2. The van der Waals surface area contributed by atoms with Gasteiger partial charge in [0.2, 0.25) is 0 Å². The Morgan fingerprint density at radius 3 is 1.16 bits per heavy atom. The average Bonchev–Trinajstić information content (AvgIpc) is 1.72. The molecule has 0 N–H and O–H groups in total. The Morgan fingerprint density at radius 2 is 0.632 bits per heavy atom. The van der Waals surface area contributed by atoms with E-state index >= 15 is 0 Å². The van der Waals surface area contributed by atoms with Gasteiger partial charge in [-0.2, -0.15) is 10.5 Å². The smallest absolute Gasteiger partial charge is 0.0998 e. The predicted octanol–water partition coefficient (Wildman–Crippen LogP) is 22.8. The van der Waals surface area contributed by atoms with E-state index in [0.29, 0.717) is 11.1 Å². The Bertz CT molecular complexity index is 6300. The third-order valence-electron chi connectivity index (χ3n) is 20.4. The van der Waals surface area contributed by atoms with Crippen LogP contribution in [-0.4, -0.2) is 18.3 Å². The molecule has 0 radical (unpaired) electrons. The number of rotatable bonds is 8. The summed E-state index contributed by atoms with van der Waals surface area (Å²) in [4.78, 5) is 0. The van der Waals surface area contributed by atoms with Gasteiger partial charge in [0.05, 0.1) is 67.4 Å². The third-order valence-corrected chi connectivity index (χ3v) is 20.4. The highest BCUT2D eigenvalue weighted by Gasteiger charge is 2.35. The maximum atomic E-state index is 11.4. The summed E-state index contributed by atoms with van der Waals surface area (Å²) in [5, 5.41) is 31.3. The molecule has 19 rings (SSSR count). The molecule has 0 saturated heterocycles. The van der Waals surface area contributed by atoms with Crippen molar-refractivity contribution < 1.29 is 0 Å². The molecular weight excluding hydrogens is 1150 g/mol. The number of fused-ring (bicyclic) bond motifs is 15. The Balaban J connectivity index is 0.701. The van der Waals surface area contributed by atoms with Gasteiger partial charge in [0.25, 0.3) is 0 Å². The van der Waals surface area contributed by atoms with Crippen molar-refractivity contribution in [3.8, 4) is 90.5 Å². The van der Waals surface area contributed by atoms with Gasteiger partial charge >= 0.3 is 0 Å². The summed E-state index contributed by atoms with van der Waals surface area (Å²) in [6.07, 6.45) is 0. The zero-order valence-electron chi connectivity index (χ0n) is 52.1. The quantitative estimate of drug-likeness (QED) is 0.152. The SMILES string of the molecule is CC1(C)c2ccccc2-c2cc(-c3cc(-c4ccc(-n5c6ccccc6c6cc(-c7ccc8c(c7)c7ccccc7n8-c7cc(C#N)cc(-c8ccc(-n9c%10ccccc%10c%10ccccc%109)cc8)c7)ccc65)cc4C#N)cc(-n4c5ccccc5c5ccccc54)c3)ccc21. The highest BCUT2D eigenvalue weighted by Crippen LogP contribution is 2.50. The van der Waals surface area contributed by atoms with E-state index in [2.05, 4.69) is 335 Å². The first kappa shape index (κ1) is 54.0. The fourth-order valence-electron chi connectivity index (χ4n) is 16.0. The maximum Gasteiger partial charge on any atom is 0.0998 e. The van der Waals surface area contributed by atoms with E-state index in [1.807, 2.05) is 12.1 Å². The largest absolute Gasteiger partial charge is 0.309 e. The fraction of sp³-hybridized carbons (Fsp3) is 0.0337. The van der Waals surface area contributed by atoms with Crippen LogP contribution in [0.5, 0.6) is 0 Å². The third kappa shape index (κ3) is 8.15. The zero-order valence-corrected chi connectivity index (χ0v) is 52.1. The number of hydrogen-bond donors (Lipinski definition) is 0. The van der Waals surface area contributed by atoms with Crippen LogP contribution in [0.2, 0.25) is 0 Å². The van der Waals surface area contributed by atoms with Crippen molar-refractivity contribution in [2.75, 3.05) is 0 Å². The molecule has 1 aliphatic rings. The lowest BCUT2D eigenvalue weighted by Gasteiger charge is -2.21. The molecule has 0 atom stereocenters. The average molecular weight is 1210 g/mol. The monoisotopic (exact) mass is 1210 g/mol. The Kier molecular flexibility index (Phi) is 11.7. The lowest BCUT2D eigenvalue weighted by molar-refractivity contribution is 0.660. The Labute approximate surface area is 548 Å². The van der Waals surface area contributed by atoms with Crippen molar-refractivity contribution in [1.82, 2.24) is 18.3 Å². The van der Waals surface area contributed by atoms with Gasteiger partial charge in [-0.25, -0.2) is 0 Å². The van der Waals surface area contributed by atoms with E-state index in [0.717, 1.165) is 122 Å². The molecule has 0 spiro atoms. The van der Waals surface area contributed by atoms with Crippen molar-refractivity contribution in [3.63, 3.8) is 0 Å². The Morgan fingerprint density at radius 1 is 0.242 bits per heavy atom. The number of aromatic nitrogens is 4. The number of para-hydroxylation sites is 6.